The van der Waals surface area contributed by atoms with Crippen LogP contribution < -0.4 is 4.72 Å². The minimum absolute atomic E-state index is 0.0753. The van der Waals surface area contributed by atoms with Gasteiger partial charge in [0.1, 0.15) is 5.04 Å². The molecule has 0 spiro atoms. The lowest BCUT2D eigenvalue weighted by Crippen LogP contribution is -2.51. The summed E-state index contributed by atoms with van der Waals surface area (Å²) in [4.78, 5) is 52.7. The molecule has 0 radical (unpaired) electrons. The van der Waals surface area contributed by atoms with Crippen molar-refractivity contribution in [3.05, 3.63) is 24.3 Å². The SMILES string of the molecule is C/C=C\CCNSSCCC(=O)N(CCC(=O)O)N(CCC(=O)O)C(=O)CCSSC1=NCCC=C1. The van der Waals surface area contributed by atoms with E-state index >= 15 is 0 Å². The normalized spacial score (nSPS) is 13.0. The van der Waals surface area contributed by atoms with Crippen LogP contribution in [0.3, 0.4) is 0 Å². The minimum atomic E-state index is -1.11. The summed E-state index contributed by atoms with van der Waals surface area (Å²) < 4.78 is 3.17. The van der Waals surface area contributed by atoms with Gasteiger partial charge >= 0.3 is 11.9 Å². The number of hydrogen-bond acceptors (Lipinski definition) is 10. The third kappa shape index (κ3) is 15.5. The molecule has 3 N–H and O–H groups in total. The van der Waals surface area contributed by atoms with Crippen molar-refractivity contribution < 1.29 is 29.4 Å². The van der Waals surface area contributed by atoms with E-state index in [4.69, 9.17) is 10.2 Å². The van der Waals surface area contributed by atoms with Crippen LogP contribution in [0.25, 0.3) is 0 Å². The Labute approximate surface area is 228 Å². The molecule has 1 aliphatic rings. The molecule has 1 rings (SSSR count). The number of aliphatic carboxylic acids is 2. The van der Waals surface area contributed by atoms with Gasteiger partial charge in [-0.2, -0.15) is 0 Å². The predicted molar refractivity (Wildman–Crippen MR) is 151 cm³/mol. The van der Waals surface area contributed by atoms with Crippen LogP contribution in [0.2, 0.25) is 0 Å². The number of carboxylic acid groups (broad SMARTS) is 2. The molecule has 2 amide bonds. The molecular formula is C22H34N4O6S4. The number of hydrazine groups is 1. The van der Waals surface area contributed by atoms with Gasteiger partial charge in [-0.15, -0.1) is 0 Å². The molecule has 0 aromatic carbocycles. The zero-order valence-corrected chi connectivity index (χ0v) is 23.6. The molecule has 0 bridgehead atoms. The second-order valence-electron chi connectivity index (χ2n) is 7.29. The summed E-state index contributed by atoms with van der Waals surface area (Å²) in [6.45, 7) is 3.07. The lowest BCUT2D eigenvalue weighted by Gasteiger charge is -2.34. The fourth-order valence-corrected chi connectivity index (χ4v) is 6.33. The Kier molecular flexibility index (Phi) is 18.4. The molecule has 0 atom stereocenters. The molecule has 0 fully saturated rings. The molecule has 0 saturated carbocycles. The first-order valence-corrected chi connectivity index (χ1v) is 16.2. The third-order valence-electron chi connectivity index (χ3n) is 4.48. The van der Waals surface area contributed by atoms with Crippen LogP contribution in [0.4, 0.5) is 0 Å². The van der Waals surface area contributed by atoms with Crippen LogP contribution in [0.15, 0.2) is 29.3 Å². The molecule has 1 aliphatic heterocycles. The zero-order valence-electron chi connectivity index (χ0n) is 20.3. The maximum atomic E-state index is 13.0. The fraction of sp³-hybridized carbons (Fsp3) is 0.591. The van der Waals surface area contributed by atoms with Crippen molar-refractivity contribution in [1.82, 2.24) is 14.7 Å². The van der Waals surface area contributed by atoms with Gasteiger partial charge in [-0.05, 0) is 47.6 Å². The highest BCUT2D eigenvalue weighted by Gasteiger charge is 2.27. The van der Waals surface area contributed by atoms with Gasteiger partial charge in [0.05, 0.1) is 25.9 Å². The Morgan fingerprint density at radius 2 is 1.61 bits per heavy atom. The standard InChI is InChI=1S/C22H34N4O6S4/c1-2-3-5-13-24-36-34-17-11-20(28)26(15-9-22(31)32)25(14-8-21(29)30)19(27)10-16-33-35-18-7-4-6-12-23-18/h2-4,7,24H,5-6,8-17H2,1H3,(H,29,30)(H,31,32)/b3-2-. The first kappa shape index (κ1) is 32.4. The van der Waals surface area contributed by atoms with E-state index in [9.17, 15) is 19.2 Å². The van der Waals surface area contributed by atoms with E-state index in [1.54, 1.807) is 0 Å². The average Bonchev–Trinajstić information content (AvgIpc) is 2.85. The first-order valence-electron chi connectivity index (χ1n) is 11.5. The molecule has 0 unspecified atom stereocenters. The van der Waals surface area contributed by atoms with Crippen LogP contribution in [0.5, 0.6) is 0 Å². The van der Waals surface area contributed by atoms with Gasteiger partial charge in [-0.25, -0.2) is 0 Å². The highest BCUT2D eigenvalue weighted by molar-refractivity contribution is 8.82. The Hall–Kier alpha value is -1.61. The van der Waals surface area contributed by atoms with E-state index in [1.807, 2.05) is 31.2 Å². The zero-order chi connectivity index (χ0) is 26.6. The van der Waals surface area contributed by atoms with Gasteiger partial charge in [-0.3, -0.25) is 38.9 Å². The molecule has 14 heteroatoms. The summed E-state index contributed by atoms with van der Waals surface area (Å²) in [5.41, 5.74) is 0. The molecule has 0 aromatic rings. The smallest absolute Gasteiger partial charge is 0.305 e. The summed E-state index contributed by atoms with van der Waals surface area (Å²) in [6, 6.07) is 0. The van der Waals surface area contributed by atoms with Gasteiger partial charge in [-0.1, -0.05) is 39.8 Å². The Balaban J connectivity index is 2.68. The molecule has 10 nitrogen and oxygen atoms in total. The molecule has 36 heavy (non-hydrogen) atoms. The second kappa shape index (κ2) is 20.4. The second-order valence-corrected chi connectivity index (χ2v) is 12.0. The van der Waals surface area contributed by atoms with Gasteiger partial charge in [0, 0.05) is 37.4 Å². The predicted octanol–water partition coefficient (Wildman–Crippen LogP) is 3.88. The highest BCUT2D eigenvalue weighted by Crippen LogP contribution is 2.26. The number of carbonyl (C=O) groups excluding carboxylic acids is 2. The number of allylic oxidation sites excluding steroid dienone is 1. The third-order valence-corrected chi connectivity index (χ3v) is 8.78. The van der Waals surface area contributed by atoms with E-state index < -0.39 is 23.8 Å². The molecular weight excluding hydrogens is 545 g/mol. The van der Waals surface area contributed by atoms with Crippen molar-refractivity contribution in [3.8, 4) is 0 Å². The van der Waals surface area contributed by atoms with E-state index in [0.29, 0.717) is 11.5 Å². The lowest BCUT2D eigenvalue weighted by atomic mass is 10.3. The number of nitrogens with one attached hydrogen (secondary N) is 1. The van der Waals surface area contributed by atoms with Crippen molar-refractivity contribution >= 4 is 72.2 Å². The van der Waals surface area contributed by atoms with E-state index in [2.05, 4.69) is 9.71 Å². The van der Waals surface area contributed by atoms with Gasteiger partial charge in [0.2, 0.25) is 11.8 Å². The maximum Gasteiger partial charge on any atom is 0.305 e. The minimum Gasteiger partial charge on any atom is -0.481 e. The number of dihydropyridines is 1. The van der Waals surface area contributed by atoms with Crippen molar-refractivity contribution in [2.24, 2.45) is 4.99 Å². The fourth-order valence-electron chi connectivity index (χ4n) is 2.76. The number of carbonyl (C=O) groups is 4. The highest BCUT2D eigenvalue weighted by atomic mass is 33.1. The summed E-state index contributed by atoms with van der Waals surface area (Å²) in [7, 11) is 5.78. The van der Waals surface area contributed by atoms with Crippen molar-refractivity contribution in [1.29, 1.82) is 0 Å². The first-order chi connectivity index (χ1) is 17.3. The summed E-state index contributed by atoms with van der Waals surface area (Å²) in [6.07, 6.45) is 9.25. The Morgan fingerprint density at radius 3 is 2.14 bits per heavy atom. The molecule has 0 aliphatic carbocycles. The van der Waals surface area contributed by atoms with Crippen LogP contribution in [-0.4, -0.2) is 86.7 Å². The van der Waals surface area contributed by atoms with Crippen LogP contribution in [-0.2, 0) is 19.2 Å². The number of rotatable bonds is 18. The average molecular weight is 579 g/mol. The van der Waals surface area contributed by atoms with Gasteiger partial charge < -0.3 is 10.2 Å². The topological polar surface area (TPSA) is 140 Å². The summed E-state index contributed by atoms with van der Waals surface area (Å²) in [5, 5.41) is 21.4. The largest absolute Gasteiger partial charge is 0.481 e. The van der Waals surface area contributed by atoms with Gasteiger partial charge in [0.25, 0.3) is 0 Å². The lowest BCUT2D eigenvalue weighted by molar-refractivity contribution is -0.166. The number of nitrogens with zero attached hydrogens (tertiary/aromatic N) is 3. The number of aliphatic imine (C=N–C) groups is 1. The molecule has 1 heterocycles. The van der Waals surface area contributed by atoms with Gasteiger partial charge in [0.15, 0.2) is 0 Å². The Morgan fingerprint density at radius 1 is 1.00 bits per heavy atom. The molecule has 202 valence electrons. The molecule has 0 aromatic heterocycles. The van der Waals surface area contributed by atoms with Crippen LogP contribution in [0.1, 0.15) is 45.4 Å². The van der Waals surface area contributed by atoms with E-state index in [-0.39, 0.29) is 38.8 Å². The maximum absolute atomic E-state index is 13.0. The van der Waals surface area contributed by atoms with Crippen molar-refractivity contribution in [2.45, 2.75) is 45.4 Å². The van der Waals surface area contributed by atoms with Crippen molar-refractivity contribution in [2.75, 3.05) is 37.7 Å². The number of hydrogen-bond donors (Lipinski definition) is 3. The number of carboxylic acids is 2. The monoisotopic (exact) mass is 578 g/mol. The van der Waals surface area contributed by atoms with E-state index in [0.717, 1.165) is 41.0 Å². The van der Waals surface area contributed by atoms with Crippen LogP contribution in [0, 0.1) is 0 Å². The van der Waals surface area contributed by atoms with Crippen molar-refractivity contribution in [3.63, 3.8) is 0 Å². The summed E-state index contributed by atoms with van der Waals surface area (Å²) in [5.74, 6) is -2.17. The quantitative estimate of drug-likeness (QED) is 0.0718. The Bertz CT molecular complexity index is 809. The summed E-state index contributed by atoms with van der Waals surface area (Å²) >= 11 is 0. The van der Waals surface area contributed by atoms with E-state index in [1.165, 1.54) is 43.4 Å². The number of amides is 2. The van der Waals surface area contributed by atoms with Crippen LogP contribution >= 0.6 is 43.4 Å². The molecule has 0 saturated heterocycles.